The van der Waals surface area contributed by atoms with Crippen LogP contribution in [-0.2, 0) is 54.5 Å². The standard InChI is InChI=1S/C52H76N14O26S/c1-20(19-93)59-44(81)25(7-11-32(71)56-17-29(68)37(75)40(78)50(89)90)62-46(83)26(8-12-33(72)57-18-30(69)38(76)41(79)51(91)92)63-45(82)24(6-10-31(70)55-16-28(67)36(74)39(77)49(87)88)61-34(73)13-9-27(48(85)86)64-43(80)21-2-4-22(5-3-21)54-14-23-15-58-42-35(60-23)47(84)66-52(53)65-42/h2-5,15,20,24-30,32,36-41,54,56,67-69,71,74-79,93H,6-14,16-19H2,1H3,(H,55,70)(H,57,72)(H,59,81)(H,61,73)(H,62,83)(H,63,82)(H,64,80)(H,85,86)(H,87,88)(H,89,90)(H,91,92)(H3,53,58,65,66,84)/t20-,24+,25+,26+,27+,28+,29+,30+,32?,36-,37-,38-,39+,40+,41+/m1/s1. The first-order valence-corrected chi connectivity index (χ1v) is 28.7. The lowest BCUT2D eigenvalue weighted by Gasteiger charge is -2.27. The molecule has 26 N–H and O–H groups in total. The van der Waals surface area contributed by atoms with Crippen molar-refractivity contribution in [3.05, 3.63) is 52.1 Å². The number of aromatic amines is 1. The van der Waals surface area contributed by atoms with Crippen LogP contribution in [0.25, 0.3) is 11.2 Å². The molecule has 1 aromatic carbocycles. The monoisotopic (exact) mass is 1340 g/mol. The lowest BCUT2D eigenvalue weighted by Crippen LogP contribution is -2.57. The Hall–Kier alpha value is -8.88. The summed E-state index contributed by atoms with van der Waals surface area (Å²) >= 11 is 4.12. The Kier molecular flexibility index (Phi) is 32.2. The Morgan fingerprint density at radius 3 is 1.48 bits per heavy atom. The number of carboxylic acids is 4. The Labute approximate surface area is 530 Å². The number of nitrogen functional groups attached to an aromatic ring is 1. The summed E-state index contributed by atoms with van der Waals surface area (Å²) in [6.07, 6.45) is -26.4. The van der Waals surface area contributed by atoms with Gasteiger partial charge in [-0.05, 0) is 63.3 Å². The molecule has 0 aliphatic carbocycles. The molecule has 1 unspecified atom stereocenters. The van der Waals surface area contributed by atoms with Crippen molar-refractivity contribution in [2.75, 3.05) is 36.4 Å². The number of nitrogens with two attached hydrogens (primary N) is 1. The van der Waals surface area contributed by atoms with Gasteiger partial charge in [-0.3, -0.25) is 48.7 Å². The van der Waals surface area contributed by atoms with E-state index in [2.05, 4.69) is 80.4 Å². The second-order valence-electron chi connectivity index (χ2n) is 20.9. The van der Waals surface area contributed by atoms with E-state index >= 15 is 0 Å². The summed E-state index contributed by atoms with van der Waals surface area (Å²) in [6.45, 7) is -0.996. The molecule has 0 spiro atoms. The Morgan fingerprint density at radius 2 is 1.00 bits per heavy atom. The van der Waals surface area contributed by atoms with E-state index in [4.69, 9.17) is 21.1 Å². The van der Waals surface area contributed by atoms with Gasteiger partial charge in [0.2, 0.25) is 41.4 Å². The van der Waals surface area contributed by atoms with Gasteiger partial charge in [0.1, 0.15) is 60.9 Å². The first kappa shape index (κ1) is 78.4. The number of carbonyl (C=O) groups is 11. The van der Waals surface area contributed by atoms with Gasteiger partial charge in [-0.2, -0.15) is 17.6 Å². The predicted octanol–water partition coefficient (Wildman–Crippen LogP) is -10.3. The van der Waals surface area contributed by atoms with Gasteiger partial charge in [0.05, 0.1) is 24.5 Å². The number of aromatic nitrogens is 4. The second kappa shape index (κ2) is 38.2. The van der Waals surface area contributed by atoms with Crippen molar-refractivity contribution in [1.82, 2.24) is 62.5 Å². The van der Waals surface area contributed by atoms with Crippen LogP contribution < -0.4 is 59.1 Å². The number of fused-ring (bicyclic) bond motifs is 1. The minimum atomic E-state index is -2.51. The summed E-state index contributed by atoms with van der Waals surface area (Å²) < 4.78 is 0. The Bertz CT molecular complexity index is 3130. The molecule has 2 aromatic heterocycles. The molecule has 0 aliphatic heterocycles. The van der Waals surface area contributed by atoms with Gasteiger partial charge in [-0.25, -0.2) is 29.1 Å². The lowest BCUT2D eigenvalue weighted by atomic mass is 10.0. The zero-order valence-corrected chi connectivity index (χ0v) is 50.2. The van der Waals surface area contributed by atoms with Gasteiger partial charge in [0, 0.05) is 61.9 Å². The van der Waals surface area contributed by atoms with Crippen molar-refractivity contribution in [2.24, 2.45) is 0 Å². The van der Waals surface area contributed by atoms with Crippen molar-refractivity contribution < 1.29 is 124 Å². The van der Waals surface area contributed by atoms with Crippen LogP contribution in [0.1, 0.15) is 74.3 Å². The number of thiol groups is 1. The number of hydrogen-bond donors (Lipinski definition) is 26. The maximum Gasteiger partial charge on any atom is 0.335 e. The zero-order valence-electron chi connectivity index (χ0n) is 49.3. The van der Waals surface area contributed by atoms with Crippen LogP contribution in [0.4, 0.5) is 11.6 Å². The van der Waals surface area contributed by atoms with Crippen LogP contribution in [0.5, 0.6) is 0 Å². The molecule has 516 valence electrons. The summed E-state index contributed by atoms with van der Waals surface area (Å²) in [6, 6.07) is -2.55. The minimum Gasteiger partial charge on any atom is -0.480 e. The normalized spacial score (nSPS) is 16.2. The SMILES string of the molecule is C[C@H](CS)NC(=O)[C@H](CCC(O)NC[C@H](O)[C@@H](O)[C@H](O)C(=O)O)NC(=O)[C@H](CCC(=O)NC[C@H](O)[C@@H](O)[C@H](O)C(=O)O)NC(=O)[C@H](CCC(=O)NC[C@H](O)[C@@H](O)[C@H](O)C(=O)O)NC(=O)CC[C@H](NC(=O)c1ccc(NCc2cnc3nc(N)[nH]c(=O)c3n2)cc1)C(=O)O. The average molecular weight is 1350 g/mol. The maximum absolute atomic E-state index is 14.4. The van der Waals surface area contributed by atoms with Gasteiger partial charge in [0.25, 0.3) is 11.5 Å². The highest BCUT2D eigenvalue weighted by molar-refractivity contribution is 7.80. The van der Waals surface area contributed by atoms with Crippen LogP contribution in [0, 0.1) is 0 Å². The Balaban J connectivity index is 1.91. The Morgan fingerprint density at radius 1 is 0.548 bits per heavy atom. The number of aliphatic carboxylic acids is 4. The highest BCUT2D eigenvalue weighted by Gasteiger charge is 2.36. The summed E-state index contributed by atoms with van der Waals surface area (Å²) in [5, 5.41) is 158. The van der Waals surface area contributed by atoms with Gasteiger partial charge >= 0.3 is 23.9 Å². The van der Waals surface area contributed by atoms with Crippen LogP contribution in [0.15, 0.2) is 35.3 Å². The van der Waals surface area contributed by atoms with E-state index in [1.165, 1.54) is 37.4 Å². The number of nitrogens with one attached hydrogen (secondary N) is 10. The number of rotatable bonds is 42. The third kappa shape index (κ3) is 26.3. The van der Waals surface area contributed by atoms with Crippen molar-refractivity contribution in [1.29, 1.82) is 0 Å². The highest BCUT2D eigenvalue weighted by Crippen LogP contribution is 2.15. The van der Waals surface area contributed by atoms with E-state index in [0.29, 0.717) is 11.4 Å². The average Bonchev–Trinajstić information content (AvgIpc) is 0.878. The molecule has 41 heteroatoms. The van der Waals surface area contributed by atoms with Crippen molar-refractivity contribution in [3.63, 3.8) is 0 Å². The third-order valence-corrected chi connectivity index (χ3v) is 14.0. The quantitative estimate of drug-likeness (QED) is 0.0185. The van der Waals surface area contributed by atoms with E-state index in [-0.39, 0.29) is 35.0 Å². The molecular weight excluding hydrogens is 1270 g/mol. The molecule has 0 aliphatic rings. The fourth-order valence-electron chi connectivity index (χ4n) is 8.05. The van der Waals surface area contributed by atoms with Crippen LogP contribution >= 0.6 is 12.6 Å². The molecule has 0 radical (unpaired) electrons. The van der Waals surface area contributed by atoms with E-state index < -0.39 is 233 Å². The largest absolute Gasteiger partial charge is 0.480 e. The number of nitrogens with zero attached hydrogens (tertiary/aromatic N) is 3. The topological polar surface area (TPSA) is 677 Å². The summed E-state index contributed by atoms with van der Waals surface area (Å²) in [5.41, 5.74) is 5.54. The smallest absolute Gasteiger partial charge is 0.335 e. The number of benzene rings is 1. The zero-order chi connectivity index (χ0) is 70.0. The number of carboxylic acid groups (broad SMARTS) is 4. The van der Waals surface area contributed by atoms with Gasteiger partial charge in [-0.15, -0.1) is 0 Å². The number of amides is 7. The van der Waals surface area contributed by atoms with E-state index in [0.717, 1.165) is 0 Å². The first-order valence-electron chi connectivity index (χ1n) is 28.1. The fourth-order valence-corrected chi connectivity index (χ4v) is 8.14. The predicted molar refractivity (Wildman–Crippen MR) is 316 cm³/mol. The molecule has 7 amide bonds. The molecule has 40 nitrogen and oxygen atoms in total. The molecule has 0 saturated carbocycles. The molecular formula is C52H76N14O26S. The summed E-state index contributed by atoms with van der Waals surface area (Å²) in [5.74, 6) is -15.3. The molecule has 0 saturated heterocycles. The van der Waals surface area contributed by atoms with Gasteiger partial charge < -0.3 is 120 Å². The van der Waals surface area contributed by atoms with E-state index in [1.807, 2.05) is 0 Å². The molecule has 15 atom stereocenters. The van der Waals surface area contributed by atoms with Crippen molar-refractivity contribution in [3.8, 4) is 0 Å². The van der Waals surface area contributed by atoms with E-state index in [9.17, 15) is 114 Å². The fraction of sp³-hybridized carbons (Fsp3) is 0.558. The van der Waals surface area contributed by atoms with Crippen LogP contribution in [0.3, 0.4) is 0 Å². The lowest BCUT2D eigenvalue weighted by molar-refractivity contribution is -0.158. The van der Waals surface area contributed by atoms with Crippen LogP contribution in [0.2, 0.25) is 0 Å². The number of aliphatic hydroxyl groups excluding tert-OH is 10. The van der Waals surface area contributed by atoms with Gasteiger partial charge in [-0.1, -0.05) is 0 Å². The van der Waals surface area contributed by atoms with Crippen molar-refractivity contribution >= 4 is 101 Å². The molecule has 3 rings (SSSR count). The number of H-pyrrole nitrogens is 1. The number of anilines is 2. The van der Waals surface area contributed by atoms with Crippen molar-refractivity contribution in [2.45, 2.75) is 156 Å². The molecule has 0 bridgehead atoms. The minimum absolute atomic E-state index is 0.00918. The highest BCUT2D eigenvalue weighted by atomic mass is 32.1. The molecule has 93 heavy (non-hydrogen) atoms. The molecule has 3 aromatic rings. The number of hydrogen-bond acceptors (Lipinski definition) is 29. The third-order valence-electron chi connectivity index (χ3n) is 13.5. The summed E-state index contributed by atoms with van der Waals surface area (Å²) in [7, 11) is 0. The molecule has 2 heterocycles. The maximum atomic E-state index is 14.4. The van der Waals surface area contributed by atoms with Gasteiger partial charge in [0.15, 0.2) is 29.5 Å². The number of carbonyl (C=O) groups excluding carboxylic acids is 7. The second-order valence-corrected chi connectivity index (χ2v) is 21.2. The number of aliphatic hydroxyl groups is 10. The first-order chi connectivity index (χ1) is 43.6. The summed E-state index contributed by atoms with van der Waals surface area (Å²) in [4.78, 5) is 168. The van der Waals surface area contributed by atoms with E-state index in [1.54, 1.807) is 0 Å². The van der Waals surface area contributed by atoms with Crippen LogP contribution in [-0.4, -0.2) is 273 Å². The molecule has 0 fully saturated rings.